The molecule has 0 radical (unpaired) electrons. The second kappa shape index (κ2) is 7.81. The number of nitrogens with zero attached hydrogens (tertiary/aromatic N) is 2. The Bertz CT molecular complexity index is 909. The van der Waals surface area contributed by atoms with Crippen LogP contribution in [0.3, 0.4) is 0 Å². The molecule has 7 heteroatoms. The second-order valence-corrected chi connectivity index (χ2v) is 6.40. The summed E-state index contributed by atoms with van der Waals surface area (Å²) >= 11 is 12.1. The first-order chi connectivity index (χ1) is 12.5. The molecular formula is C19H16Cl2N2O3. The lowest BCUT2D eigenvalue weighted by Crippen LogP contribution is -2.32. The molecule has 0 bridgehead atoms. The first-order valence-electron chi connectivity index (χ1n) is 7.89. The van der Waals surface area contributed by atoms with E-state index in [1.807, 2.05) is 30.3 Å². The summed E-state index contributed by atoms with van der Waals surface area (Å²) in [7, 11) is 0. The number of aromatic nitrogens is 1. The molecule has 134 valence electrons. The number of anilines is 1. The van der Waals surface area contributed by atoms with Gasteiger partial charge in [-0.2, -0.15) is 0 Å². The van der Waals surface area contributed by atoms with Crippen LogP contribution in [0.15, 0.2) is 59.3 Å². The Hall–Kier alpha value is -2.50. The smallest absolute Gasteiger partial charge is 0.412 e. The highest BCUT2D eigenvalue weighted by Crippen LogP contribution is 2.36. The molecule has 0 aliphatic rings. The number of benzene rings is 2. The maximum atomic E-state index is 12.0. The van der Waals surface area contributed by atoms with Crippen molar-refractivity contribution in [2.45, 2.75) is 18.8 Å². The molecule has 0 spiro atoms. The molecule has 0 saturated carbocycles. The topological polar surface area (TPSA) is 66.6 Å². The van der Waals surface area contributed by atoms with Gasteiger partial charge in [0.1, 0.15) is 17.6 Å². The highest BCUT2D eigenvalue weighted by molar-refractivity contribution is 6.31. The molecule has 0 aliphatic carbocycles. The molecule has 1 aromatic heterocycles. The SMILES string of the molecule is CC(c1ccccc1Cl)N(C(=O)O)c1conc1-c1ccc(CCl)cc1. The monoisotopic (exact) mass is 390 g/mol. The Morgan fingerprint density at radius 3 is 2.54 bits per heavy atom. The number of hydrogen-bond acceptors (Lipinski definition) is 3. The van der Waals surface area contributed by atoms with Crippen molar-refractivity contribution in [3.8, 4) is 11.3 Å². The minimum absolute atomic E-state index is 0.351. The molecule has 3 aromatic rings. The van der Waals surface area contributed by atoms with Crippen LogP contribution in [0.4, 0.5) is 10.5 Å². The van der Waals surface area contributed by atoms with Crippen LogP contribution < -0.4 is 4.90 Å². The van der Waals surface area contributed by atoms with Crippen molar-refractivity contribution in [1.82, 2.24) is 5.16 Å². The van der Waals surface area contributed by atoms with E-state index in [0.717, 1.165) is 11.1 Å². The Morgan fingerprint density at radius 1 is 1.23 bits per heavy atom. The first-order valence-corrected chi connectivity index (χ1v) is 8.80. The summed E-state index contributed by atoms with van der Waals surface area (Å²) in [6.07, 6.45) is 0.200. The molecule has 5 nitrogen and oxygen atoms in total. The van der Waals surface area contributed by atoms with Crippen molar-refractivity contribution < 1.29 is 14.4 Å². The van der Waals surface area contributed by atoms with Crippen molar-refractivity contribution in [2.75, 3.05) is 4.90 Å². The van der Waals surface area contributed by atoms with Gasteiger partial charge in [-0.25, -0.2) is 4.79 Å². The van der Waals surface area contributed by atoms with Gasteiger partial charge in [-0.15, -0.1) is 11.6 Å². The summed E-state index contributed by atoms with van der Waals surface area (Å²) in [4.78, 5) is 13.2. The number of amides is 1. The molecule has 0 saturated heterocycles. The van der Waals surface area contributed by atoms with Gasteiger partial charge in [0.2, 0.25) is 0 Å². The molecular weight excluding hydrogens is 375 g/mol. The van der Waals surface area contributed by atoms with Crippen LogP contribution in [-0.4, -0.2) is 16.4 Å². The number of halogens is 2. The molecule has 0 aliphatic heterocycles. The summed E-state index contributed by atoms with van der Waals surface area (Å²) in [6, 6.07) is 14.0. The molecule has 1 atom stereocenters. The van der Waals surface area contributed by atoms with Crippen molar-refractivity contribution in [3.63, 3.8) is 0 Å². The molecule has 26 heavy (non-hydrogen) atoms. The fraction of sp³-hybridized carbons (Fsp3) is 0.158. The first kappa shape index (κ1) is 18.3. The Kier molecular flexibility index (Phi) is 5.49. The van der Waals surface area contributed by atoms with E-state index in [2.05, 4.69) is 5.16 Å². The summed E-state index contributed by atoms with van der Waals surface area (Å²) in [5.74, 6) is 0.400. The number of carboxylic acid groups (broad SMARTS) is 1. The highest BCUT2D eigenvalue weighted by Gasteiger charge is 2.29. The summed E-state index contributed by atoms with van der Waals surface area (Å²) in [6.45, 7) is 1.77. The van der Waals surface area contributed by atoms with Crippen LogP contribution in [0, 0.1) is 0 Å². The maximum absolute atomic E-state index is 12.0. The van der Waals surface area contributed by atoms with Crippen LogP contribution in [-0.2, 0) is 5.88 Å². The predicted molar refractivity (Wildman–Crippen MR) is 102 cm³/mol. The Balaban J connectivity index is 2.03. The van der Waals surface area contributed by atoms with Gasteiger partial charge >= 0.3 is 6.09 Å². The third-order valence-corrected chi connectivity index (χ3v) is 4.79. The van der Waals surface area contributed by atoms with Gasteiger partial charge in [0, 0.05) is 16.5 Å². The molecule has 2 aromatic carbocycles. The molecule has 1 amide bonds. The van der Waals surface area contributed by atoms with E-state index in [0.29, 0.717) is 27.8 Å². The lowest BCUT2D eigenvalue weighted by atomic mass is 10.0. The molecule has 0 fully saturated rings. The van der Waals surface area contributed by atoms with E-state index < -0.39 is 12.1 Å². The Labute approximate surface area is 160 Å². The predicted octanol–water partition coefficient (Wildman–Crippen LogP) is 5.98. The molecule has 1 unspecified atom stereocenters. The van der Waals surface area contributed by atoms with Gasteiger partial charge in [0.15, 0.2) is 0 Å². The van der Waals surface area contributed by atoms with E-state index in [-0.39, 0.29) is 0 Å². The lowest BCUT2D eigenvalue weighted by molar-refractivity contribution is 0.199. The Morgan fingerprint density at radius 2 is 1.92 bits per heavy atom. The number of rotatable bonds is 5. The molecule has 3 rings (SSSR count). The van der Waals surface area contributed by atoms with Crippen LogP contribution in [0.2, 0.25) is 5.02 Å². The van der Waals surface area contributed by atoms with E-state index in [1.54, 1.807) is 25.1 Å². The zero-order valence-electron chi connectivity index (χ0n) is 13.9. The number of carbonyl (C=O) groups is 1. The van der Waals surface area contributed by atoms with Gasteiger partial charge < -0.3 is 9.63 Å². The van der Waals surface area contributed by atoms with Gasteiger partial charge in [0.05, 0.1) is 6.04 Å². The minimum Gasteiger partial charge on any atom is -0.465 e. The summed E-state index contributed by atoms with van der Waals surface area (Å²) < 4.78 is 5.09. The van der Waals surface area contributed by atoms with E-state index in [1.165, 1.54) is 11.2 Å². The average molecular weight is 391 g/mol. The van der Waals surface area contributed by atoms with Crippen molar-refractivity contribution in [3.05, 3.63) is 70.9 Å². The number of alkyl halides is 1. The van der Waals surface area contributed by atoms with Gasteiger partial charge in [-0.1, -0.05) is 59.2 Å². The van der Waals surface area contributed by atoms with Crippen LogP contribution in [0.1, 0.15) is 24.1 Å². The normalized spacial score (nSPS) is 12.0. The van der Waals surface area contributed by atoms with Gasteiger partial charge in [-0.3, -0.25) is 4.90 Å². The number of hydrogen-bond donors (Lipinski definition) is 1. The van der Waals surface area contributed by atoms with E-state index in [9.17, 15) is 9.90 Å². The third-order valence-electron chi connectivity index (χ3n) is 4.14. The van der Waals surface area contributed by atoms with Crippen LogP contribution in [0.5, 0.6) is 0 Å². The van der Waals surface area contributed by atoms with Crippen LogP contribution in [0.25, 0.3) is 11.3 Å². The lowest BCUT2D eigenvalue weighted by Gasteiger charge is -2.26. The molecule has 1 heterocycles. The quantitative estimate of drug-likeness (QED) is 0.544. The fourth-order valence-corrected chi connectivity index (χ4v) is 3.26. The zero-order chi connectivity index (χ0) is 18.7. The maximum Gasteiger partial charge on any atom is 0.412 e. The van der Waals surface area contributed by atoms with E-state index in [4.69, 9.17) is 27.7 Å². The van der Waals surface area contributed by atoms with E-state index >= 15 is 0 Å². The van der Waals surface area contributed by atoms with Crippen molar-refractivity contribution in [2.24, 2.45) is 0 Å². The minimum atomic E-state index is -1.13. The summed E-state index contributed by atoms with van der Waals surface area (Å²) in [5, 5.41) is 14.3. The van der Waals surface area contributed by atoms with Crippen molar-refractivity contribution in [1.29, 1.82) is 0 Å². The standard InChI is InChI=1S/C19H16Cl2N2O3/c1-12(15-4-2-3-5-16(15)21)23(19(24)25)17-11-26-22-18(17)14-8-6-13(10-20)7-9-14/h2-9,11-12H,10H2,1H3,(H,24,25). The average Bonchev–Trinajstić information content (AvgIpc) is 3.11. The summed E-state index contributed by atoms with van der Waals surface area (Å²) in [5.41, 5.74) is 3.18. The third kappa shape index (κ3) is 3.54. The highest BCUT2D eigenvalue weighted by atomic mass is 35.5. The second-order valence-electron chi connectivity index (χ2n) is 5.73. The van der Waals surface area contributed by atoms with Gasteiger partial charge in [0.25, 0.3) is 0 Å². The fourth-order valence-electron chi connectivity index (χ4n) is 2.79. The molecule has 1 N–H and O–H groups in total. The van der Waals surface area contributed by atoms with Crippen molar-refractivity contribution >= 4 is 35.0 Å². The largest absolute Gasteiger partial charge is 0.465 e. The zero-order valence-corrected chi connectivity index (χ0v) is 15.4. The van der Waals surface area contributed by atoms with Crippen LogP contribution >= 0.6 is 23.2 Å². The van der Waals surface area contributed by atoms with Gasteiger partial charge in [-0.05, 0) is 24.1 Å².